The lowest BCUT2D eigenvalue weighted by molar-refractivity contribution is -0.146. The molecule has 114 valence electrons. The summed E-state index contributed by atoms with van der Waals surface area (Å²) in [6, 6.07) is 5.61. The molecule has 2 rings (SSSR count). The maximum Gasteiger partial charge on any atom is 0.323 e. The number of benzene rings is 1. The van der Waals surface area contributed by atoms with Gasteiger partial charge in [0.2, 0.25) is 5.91 Å². The van der Waals surface area contributed by atoms with E-state index in [1.807, 2.05) is 36.9 Å². The van der Waals surface area contributed by atoms with Gasteiger partial charge in [0.05, 0.1) is 13.7 Å². The molecule has 0 aromatic heterocycles. The summed E-state index contributed by atoms with van der Waals surface area (Å²) in [6.07, 6.45) is 1.67. The summed E-state index contributed by atoms with van der Waals surface area (Å²) in [5.41, 5.74) is 2.93. The number of hydrogen-bond acceptors (Lipinski definition) is 4. The van der Waals surface area contributed by atoms with E-state index < -0.39 is 0 Å². The third-order valence-electron chi connectivity index (χ3n) is 3.93. The highest BCUT2D eigenvalue weighted by Crippen LogP contribution is 2.21. The Morgan fingerprint density at radius 3 is 2.62 bits per heavy atom. The van der Waals surface area contributed by atoms with Gasteiger partial charge in [-0.1, -0.05) is 18.2 Å². The van der Waals surface area contributed by atoms with Crippen molar-refractivity contribution in [2.24, 2.45) is 0 Å². The Morgan fingerprint density at radius 1 is 1.33 bits per heavy atom. The third kappa shape index (κ3) is 3.61. The number of likely N-dealkylation sites (tertiary alicyclic amines) is 1. The molecule has 1 amide bonds. The minimum absolute atomic E-state index is 0.0943. The quantitative estimate of drug-likeness (QED) is 0.860. The van der Waals surface area contributed by atoms with Gasteiger partial charge >= 0.3 is 5.97 Å². The topological polar surface area (TPSA) is 58.6 Å². The number of para-hydroxylation sites is 1. The number of rotatable bonds is 4. The van der Waals surface area contributed by atoms with Crippen LogP contribution in [0.5, 0.6) is 0 Å². The van der Waals surface area contributed by atoms with Gasteiger partial charge in [0.15, 0.2) is 0 Å². The minimum atomic E-state index is -0.293. The molecule has 1 N–H and O–H groups in total. The Balaban J connectivity index is 2.00. The van der Waals surface area contributed by atoms with Crippen molar-refractivity contribution in [3.05, 3.63) is 29.3 Å². The van der Waals surface area contributed by atoms with E-state index in [1.165, 1.54) is 7.11 Å². The summed E-state index contributed by atoms with van der Waals surface area (Å²) in [5.74, 6) is -0.351. The van der Waals surface area contributed by atoms with E-state index in [4.69, 9.17) is 4.74 Å². The van der Waals surface area contributed by atoms with Crippen molar-refractivity contribution in [2.45, 2.75) is 32.7 Å². The molecule has 1 saturated heterocycles. The normalized spacial score (nSPS) is 18.5. The molecular weight excluding hydrogens is 268 g/mol. The number of hydrogen-bond donors (Lipinski definition) is 1. The SMILES string of the molecule is COC(=O)[C@@H]1CCCN1CC(=O)Nc1c(C)cccc1C. The minimum Gasteiger partial charge on any atom is -0.468 e. The second kappa shape index (κ2) is 6.72. The van der Waals surface area contributed by atoms with Crippen LogP contribution < -0.4 is 5.32 Å². The maximum atomic E-state index is 12.2. The Kier molecular flexibility index (Phi) is 4.96. The summed E-state index contributed by atoms with van der Waals surface area (Å²) in [5, 5.41) is 2.95. The Labute approximate surface area is 125 Å². The number of nitrogens with zero attached hydrogens (tertiary/aromatic N) is 1. The average molecular weight is 290 g/mol. The Morgan fingerprint density at radius 2 is 2.00 bits per heavy atom. The maximum absolute atomic E-state index is 12.2. The molecule has 21 heavy (non-hydrogen) atoms. The highest BCUT2D eigenvalue weighted by molar-refractivity contribution is 5.94. The smallest absolute Gasteiger partial charge is 0.323 e. The number of carbonyl (C=O) groups is 2. The molecule has 1 aliphatic heterocycles. The summed E-state index contributed by atoms with van der Waals surface area (Å²) < 4.78 is 4.79. The number of ether oxygens (including phenoxy) is 1. The fourth-order valence-corrected chi connectivity index (χ4v) is 2.79. The largest absolute Gasteiger partial charge is 0.468 e. The number of methoxy groups -OCH3 is 1. The highest BCUT2D eigenvalue weighted by atomic mass is 16.5. The summed E-state index contributed by atoms with van der Waals surface area (Å²) in [7, 11) is 1.38. The molecule has 0 unspecified atom stereocenters. The summed E-state index contributed by atoms with van der Waals surface area (Å²) in [6.45, 7) is 4.90. The molecule has 0 spiro atoms. The Bertz CT molecular complexity index is 522. The van der Waals surface area contributed by atoms with Gasteiger partial charge in [-0.25, -0.2) is 0 Å². The number of amides is 1. The molecule has 1 aromatic rings. The summed E-state index contributed by atoms with van der Waals surface area (Å²) >= 11 is 0. The molecule has 1 aromatic carbocycles. The van der Waals surface area contributed by atoms with Crippen LogP contribution in [0.4, 0.5) is 5.69 Å². The molecule has 1 aliphatic rings. The predicted molar refractivity (Wildman–Crippen MR) is 81.2 cm³/mol. The number of anilines is 1. The van der Waals surface area contributed by atoms with Crippen LogP contribution in [0.25, 0.3) is 0 Å². The highest BCUT2D eigenvalue weighted by Gasteiger charge is 2.32. The first-order chi connectivity index (χ1) is 10.0. The van der Waals surface area contributed by atoms with Crippen LogP contribution in [0.15, 0.2) is 18.2 Å². The van der Waals surface area contributed by atoms with Crippen molar-refractivity contribution in [1.29, 1.82) is 0 Å². The molecule has 0 radical (unpaired) electrons. The number of carbonyl (C=O) groups excluding carboxylic acids is 2. The number of aryl methyl sites for hydroxylation is 2. The second-order valence-corrected chi connectivity index (χ2v) is 5.47. The molecular formula is C16H22N2O3. The van der Waals surface area contributed by atoms with Crippen molar-refractivity contribution in [2.75, 3.05) is 25.5 Å². The zero-order valence-corrected chi connectivity index (χ0v) is 12.8. The molecule has 0 saturated carbocycles. The van der Waals surface area contributed by atoms with Crippen LogP contribution in [0.1, 0.15) is 24.0 Å². The number of esters is 1. The fourth-order valence-electron chi connectivity index (χ4n) is 2.79. The molecule has 1 heterocycles. The van der Waals surface area contributed by atoms with Crippen LogP contribution in [-0.2, 0) is 14.3 Å². The van der Waals surface area contributed by atoms with Crippen LogP contribution in [0.3, 0.4) is 0 Å². The first-order valence-corrected chi connectivity index (χ1v) is 7.21. The molecule has 0 bridgehead atoms. The molecule has 5 heteroatoms. The first kappa shape index (κ1) is 15.5. The zero-order valence-electron chi connectivity index (χ0n) is 12.8. The van der Waals surface area contributed by atoms with Crippen molar-refractivity contribution in [3.8, 4) is 0 Å². The van der Waals surface area contributed by atoms with Crippen LogP contribution in [0.2, 0.25) is 0 Å². The van der Waals surface area contributed by atoms with Gasteiger partial charge in [0.25, 0.3) is 0 Å². The van der Waals surface area contributed by atoms with E-state index in [0.29, 0.717) is 0 Å². The van der Waals surface area contributed by atoms with Gasteiger partial charge in [-0.15, -0.1) is 0 Å². The monoisotopic (exact) mass is 290 g/mol. The van der Waals surface area contributed by atoms with Crippen molar-refractivity contribution in [1.82, 2.24) is 4.90 Å². The molecule has 5 nitrogen and oxygen atoms in total. The molecule has 0 aliphatic carbocycles. The van der Waals surface area contributed by atoms with Gasteiger partial charge in [-0.05, 0) is 44.4 Å². The zero-order chi connectivity index (χ0) is 15.4. The van der Waals surface area contributed by atoms with Crippen LogP contribution in [-0.4, -0.2) is 43.0 Å². The van der Waals surface area contributed by atoms with E-state index >= 15 is 0 Å². The van der Waals surface area contributed by atoms with Gasteiger partial charge < -0.3 is 10.1 Å². The van der Waals surface area contributed by atoms with E-state index in [-0.39, 0.29) is 24.5 Å². The standard InChI is InChI=1S/C16H22N2O3/c1-11-6-4-7-12(2)15(11)17-14(19)10-18-9-5-8-13(18)16(20)21-3/h4,6-7,13H,5,8-10H2,1-3H3,(H,17,19)/t13-/m0/s1. The molecule has 1 fully saturated rings. The number of nitrogens with one attached hydrogen (secondary N) is 1. The van der Waals surface area contributed by atoms with Gasteiger partial charge in [0, 0.05) is 5.69 Å². The van der Waals surface area contributed by atoms with Crippen LogP contribution in [0, 0.1) is 13.8 Å². The lowest BCUT2D eigenvalue weighted by Crippen LogP contribution is -2.41. The first-order valence-electron chi connectivity index (χ1n) is 7.21. The predicted octanol–water partition coefficient (Wildman–Crippen LogP) is 1.88. The van der Waals surface area contributed by atoms with E-state index in [1.54, 1.807) is 0 Å². The fraction of sp³-hybridized carbons (Fsp3) is 0.500. The lowest BCUT2D eigenvalue weighted by atomic mass is 10.1. The van der Waals surface area contributed by atoms with Gasteiger partial charge in [0.1, 0.15) is 6.04 Å². The van der Waals surface area contributed by atoms with Gasteiger partial charge in [-0.3, -0.25) is 14.5 Å². The van der Waals surface area contributed by atoms with E-state index in [9.17, 15) is 9.59 Å². The van der Waals surface area contributed by atoms with Crippen molar-refractivity contribution >= 4 is 17.6 Å². The van der Waals surface area contributed by atoms with E-state index in [2.05, 4.69) is 5.32 Å². The Hall–Kier alpha value is -1.88. The van der Waals surface area contributed by atoms with Gasteiger partial charge in [-0.2, -0.15) is 0 Å². The van der Waals surface area contributed by atoms with Crippen molar-refractivity contribution < 1.29 is 14.3 Å². The average Bonchev–Trinajstić information content (AvgIpc) is 2.90. The summed E-state index contributed by atoms with van der Waals surface area (Å²) in [4.78, 5) is 25.8. The lowest BCUT2D eigenvalue weighted by Gasteiger charge is -2.22. The van der Waals surface area contributed by atoms with E-state index in [0.717, 1.165) is 36.2 Å². The third-order valence-corrected chi connectivity index (χ3v) is 3.93. The second-order valence-electron chi connectivity index (χ2n) is 5.47. The van der Waals surface area contributed by atoms with Crippen LogP contribution >= 0.6 is 0 Å². The van der Waals surface area contributed by atoms with Crippen molar-refractivity contribution in [3.63, 3.8) is 0 Å². The molecule has 1 atom stereocenters.